The number of ether oxygens (including phenoxy) is 1. The predicted octanol–water partition coefficient (Wildman–Crippen LogP) is 3.60. The van der Waals surface area contributed by atoms with Crippen LogP contribution in [0.1, 0.15) is 33.3 Å². The lowest BCUT2D eigenvalue weighted by Crippen LogP contribution is -2.56. The molecule has 1 aliphatic heterocycles. The van der Waals surface area contributed by atoms with Crippen molar-refractivity contribution in [3.63, 3.8) is 0 Å². The lowest BCUT2D eigenvalue weighted by Gasteiger charge is -2.40. The van der Waals surface area contributed by atoms with Gasteiger partial charge in [0.2, 0.25) is 5.91 Å². The molecule has 2 rings (SSSR count). The second kappa shape index (κ2) is 7.72. The summed E-state index contributed by atoms with van der Waals surface area (Å²) in [5.41, 5.74) is 0.201. The van der Waals surface area contributed by atoms with Crippen molar-refractivity contribution in [2.75, 3.05) is 19.6 Å². The molecule has 1 fully saturated rings. The Morgan fingerprint density at radius 1 is 1.32 bits per heavy atom. The van der Waals surface area contributed by atoms with E-state index in [9.17, 15) is 14.0 Å². The van der Waals surface area contributed by atoms with E-state index in [0.29, 0.717) is 24.1 Å². The SMILES string of the molecule is C[C@H]1CN(C(=O)Cc2ccc(F)cc2Br)CCN1C(=O)OC(C)(C)C. The van der Waals surface area contributed by atoms with E-state index in [4.69, 9.17) is 4.74 Å². The van der Waals surface area contributed by atoms with Crippen LogP contribution in [0.5, 0.6) is 0 Å². The van der Waals surface area contributed by atoms with E-state index >= 15 is 0 Å². The Morgan fingerprint density at radius 2 is 2.00 bits per heavy atom. The summed E-state index contributed by atoms with van der Waals surface area (Å²) in [6.07, 6.45) is -0.159. The van der Waals surface area contributed by atoms with Crippen molar-refractivity contribution in [3.8, 4) is 0 Å². The van der Waals surface area contributed by atoms with Crippen molar-refractivity contribution in [1.29, 1.82) is 0 Å². The number of amides is 2. The maximum Gasteiger partial charge on any atom is 0.410 e. The minimum Gasteiger partial charge on any atom is -0.444 e. The van der Waals surface area contributed by atoms with E-state index in [1.807, 2.05) is 27.7 Å². The summed E-state index contributed by atoms with van der Waals surface area (Å²) in [5.74, 6) is -0.384. The van der Waals surface area contributed by atoms with Crippen molar-refractivity contribution in [2.24, 2.45) is 0 Å². The number of halogens is 2. The van der Waals surface area contributed by atoms with E-state index in [-0.39, 0.29) is 30.3 Å². The Labute approximate surface area is 156 Å². The second-order valence-electron chi connectivity index (χ2n) is 7.28. The van der Waals surface area contributed by atoms with Crippen molar-refractivity contribution in [3.05, 3.63) is 34.1 Å². The van der Waals surface area contributed by atoms with Gasteiger partial charge in [0.05, 0.1) is 6.42 Å². The first-order chi connectivity index (χ1) is 11.6. The highest BCUT2D eigenvalue weighted by Gasteiger charge is 2.32. The molecule has 1 saturated heterocycles. The van der Waals surface area contributed by atoms with Crippen LogP contribution in [0.4, 0.5) is 9.18 Å². The van der Waals surface area contributed by atoms with Crippen LogP contribution in [-0.4, -0.2) is 53.1 Å². The van der Waals surface area contributed by atoms with Crippen LogP contribution in [-0.2, 0) is 16.0 Å². The number of carbonyl (C=O) groups is 2. The van der Waals surface area contributed by atoms with E-state index in [1.54, 1.807) is 15.9 Å². The summed E-state index contributed by atoms with van der Waals surface area (Å²) in [6.45, 7) is 8.74. The highest BCUT2D eigenvalue weighted by molar-refractivity contribution is 9.10. The van der Waals surface area contributed by atoms with Gasteiger partial charge in [-0.2, -0.15) is 0 Å². The van der Waals surface area contributed by atoms with Crippen molar-refractivity contribution < 1.29 is 18.7 Å². The molecule has 1 heterocycles. The lowest BCUT2D eigenvalue weighted by molar-refractivity contribution is -0.133. The quantitative estimate of drug-likeness (QED) is 0.742. The number of carbonyl (C=O) groups excluding carboxylic acids is 2. The molecule has 0 aliphatic carbocycles. The molecule has 0 bridgehead atoms. The van der Waals surface area contributed by atoms with Gasteiger partial charge in [-0.05, 0) is 45.4 Å². The van der Waals surface area contributed by atoms with Gasteiger partial charge in [-0.1, -0.05) is 22.0 Å². The van der Waals surface area contributed by atoms with Crippen molar-refractivity contribution in [1.82, 2.24) is 9.80 Å². The summed E-state index contributed by atoms with van der Waals surface area (Å²) in [6, 6.07) is 4.18. The van der Waals surface area contributed by atoms with Gasteiger partial charge in [0.25, 0.3) is 0 Å². The summed E-state index contributed by atoms with van der Waals surface area (Å²) in [5, 5.41) is 0. The largest absolute Gasteiger partial charge is 0.444 e. The first-order valence-electron chi connectivity index (χ1n) is 8.28. The molecular formula is C18H24BrFN2O3. The van der Waals surface area contributed by atoms with Gasteiger partial charge in [-0.25, -0.2) is 9.18 Å². The van der Waals surface area contributed by atoms with Gasteiger partial charge in [0.15, 0.2) is 0 Å². The predicted molar refractivity (Wildman–Crippen MR) is 96.8 cm³/mol. The third-order valence-electron chi connectivity index (χ3n) is 3.96. The van der Waals surface area contributed by atoms with Crippen molar-refractivity contribution >= 4 is 27.9 Å². The van der Waals surface area contributed by atoms with Crippen LogP contribution in [0.25, 0.3) is 0 Å². The summed E-state index contributed by atoms with van der Waals surface area (Å²) < 4.78 is 19.1. The first-order valence-corrected chi connectivity index (χ1v) is 9.07. The molecule has 2 amide bonds. The minimum absolute atomic E-state index is 0.0389. The Morgan fingerprint density at radius 3 is 2.56 bits per heavy atom. The van der Waals surface area contributed by atoms with E-state index < -0.39 is 5.60 Å². The van der Waals surface area contributed by atoms with Crippen LogP contribution in [0, 0.1) is 5.82 Å². The molecule has 1 aromatic rings. The number of piperazine rings is 1. The van der Waals surface area contributed by atoms with Gasteiger partial charge >= 0.3 is 6.09 Å². The molecule has 1 atom stereocenters. The zero-order chi connectivity index (χ0) is 18.8. The smallest absolute Gasteiger partial charge is 0.410 e. The molecule has 5 nitrogen and oxygen atoms in total. The van der Waals surface area contributed by atoms with E-state index in [1.165, 1.54) is 12.1 Å². The fourth-order valence-corrected chi connectivity index (χ4v) is 3.21. The van der Waals surface area contributed by atoms with Gasteiger partial charge < -0.3 is 14.5 Å². The summed E-state index contributed by atoms with van der Waals surface area (Å²) in [4.78, 5) is 28.2. The molecule has 0 unspecified atom stereocenters. The fourth-order valence-electron chi connectivity index (χ4n) is 2.72. The second-order valence-corrected chi connectivity index (χ2v) is 8.13. The third-order valence-corrected chi connectivity index (χ3v) is 4.70. The molecule has 7 heteroatoms. The van der Waals surface area contributed by atoms with Gasteiger partial charge in [0, 0.05) is 30.1 Å². The van der Waals surface area contributed by atoms with Crippen LogP contribution < -0.4 is 0 Å². The number of rotatable bonds is 2. The van der Waals surface area contributed by atoms with Crippen molar-refractivity contribution in [2.45, 2.75) is 45.8 Å². The molecule has 0 aromatic heterocycles. The normalized spacial score (nSPS) is 18.2. The molecule has 0 radical (unpaired) electrons. The van der Waals surface area contributed by atoms with Gasteiger partial charge in [-0.15, -0.1) is 0 Å². The Kier molecular flexibility index (Phi) is 6.08. The Hall–Kier alpha value is -1.63. The topological polar surface area (TPSA) is 49.9 Å². The highest BCUT2D eigenvalue weighted by atomic mass is 79.9. The number of hydrogen-bond donors (Lipinski definition) is 0. The van der Waals surface area contributed by atoms with Crippen LogP contribution in [0.2, 0.25) is 0 Å². The van der Waals surface area contributed by atoms with Gasteiger partial charge in [0.1, 0.15) is 11.4 Å². The average molecular weight is 415 g/mol. The highest BCUT2D eigenvalue weighted by Crippen LogP contribution is 2.21. The molecule has 0 N–H and O–H groups in total. The Balaban J connectivity index is 1.95. The molecule has 25 heavy (non-hydrogen) atoms. The fraction of sp³-hybridized carbons (Fsp3) is 0.556. The molecule has 1 aliphatic rings. The summed E-state index contributed by atoms with van der Waals surface area (Å²) >= 11 is 3.29. The first kappa shape index (κ1) is 19.7. The van der Waals surface area contributed by atoms with Gasteiger partial charge in [-0.3, -0.25) is 4.79 Å². The van der Waals surface area contributed by atoms with Crippen LogP contribution in [0.3, 0.4) is 0 Å². The Bertz CT molecular complexity index is 660. The zero-order valence-electron chi connectivity index (χ0n) is 15.0. The number of benzene rings is 1. The molecule has 1 aromatic carbocycles. The zero-order valence-corrected chi connectivity index (χ0v) is 16.6. The number of hydrogen-bond acceptors (Lipinski definition) is 3. The van der Waals surface area contributed by atoms with E-state index in [0.717, 1.165) is 5.56 Å². The lowest BCUT2D eigenvalue weighted by atomic mass is 10.1. The summed E-state index contributed by atoms with van der Waals surface area (Å²) in [7, 11) is 0. The molecule has 0 spiro atoms. The average Bonchev–Trinajstić information content (AvgIpc) is 2.48. The molecular weight excluding hydrogens is 391 g/mol. The van der Waals surface area contributed by atoms with Crippen LogP contribution in [0.15, 0.2) is 22.7 Å². The van der Waals surface area contributed by atoms with E-state index in [2.05, 4.69) is 15.9 Å². The maximum atomic E-state index is 13.2. The maximum absolute atomic E-state index is 13.2. The number of nitrogens with zero attached hydrogens (tertiary/aromatic N) is 2. The third kappa shape index (κ3) is 5.42. The monoisotopic (exact) mass is 414 g/mol. The molecule has 138 valence electrons. The van der Waals surface area contributed by atoms with Crippen LogP contribution >= 0.6 is 15.9 Å². The minimum atomic E-state index is -0.543. The standard InChI is InChI=1S/C18H24BrFN2O3/c1-12-11-21(7-8-22(12)17(24)25-18(2,3)4)16(23)9-13-5-6-14(20)10-15(13)19/h5-6,10,12H,7-9,11H2,1-4H3/t12-/m0/s1. The molecule has 0 saturated carbocycles.